The van der Waals surface area contributed by atoms with Gasteiger partial charge in [0.25, 0.3) is 0 Å². The lowest BCUT2D eigenvalue weighted by Gasteiger charge is -2.31. The molecule has 3 nitrogen and oxygen atoms in total. The van der Waals surface area contributed by atoms with Crippen molar-refractivity contribution in [3.8, 4) is 5.75 Å². The number of benzene rings is 2. The first-order valence-corrected chi connectivity index (χ1v) is 8.70. The zero-order chi connectivity index (χ0) is 17.1. The summed E-state index contributed by atoms with van der Waals surface area (Å²) in [4.78, 5) is 4.95. The van der Waals surface area contributed by atoms with Crippen molar-refractivity contribution >= 4 is 5.71 Å². The van der Waals surface area contributed by atoms with Gasteiger partial charge in [0.2, 0.25) is 0 Å². The molecule has 0 bridgehead atoms. The molecule has 24 heavy (non-hydrogen) atoms. The van der Waals surface area contributed by atoms with Gasteiger partial charge >= 0.3 is 0 Å². The molecule has 0 unspecified atom stereocenters. The van der Waals surface area contributed by atoms with Gasteiger partial charge in [0.05, 0.1) is 0 Å². The molecular formula is C21H26N2O. The first-order valence-electron chi connectivity index (χ1n) is 8.70. The second-order valence-corrected chi connectivity index (χ2v) is 7.07. The highest BCUT2D eigenvalue weighted by molar-refractivity contribution is 6.01. The van der Waals surface area contributed by atoms with Crippen molar-refractivity contribution in [3.63, 3.8) is 0 Å². The van der Waals surface area contributed by atoms with E-state index in [9.17, 15) is 5.11 Å². The molecule has 0 fully saturated rings. The molecule has 0 spiro atoms. The van der Waals surface area contributed by atoms with Gasteiger partial charge in [-0.3, -0.25) is 10.3 Å². The molecular weight excluding hydrogens is 296 g/mol. The van der Waals surface area contributed by atoms with Crippen LogP contribution in [0.25, 0.3) is 0 Å². The first kappa shape index (κ1) is 16.7. The fraction of sp³-hybridized carbons (Fsp3) is 0.381. The molecule has 2 N–H and O–H groups in total. The van der Waals surface area contributed by atoms with Gasteiger partial charge in [-0.15, -0.1) is 0 Å². The van der Waals surface area contributed by atoms with E-state index in [1.165, 1.54) is 11.1 Å². The van der Waals surface area contributed by atoms with E-state index < -0.39 is 0 Å². The molecule has 2 aromatic rings. The number of aromatic hydroxyl groups is 1. The molecule has 1 heterocycles. The van der Waals surface area contributed by atoms with E-state index in [4.69, 9.17) is 4.99 Å². The van der Waals surface area contributed by atoms with E-state index >= 15 is 0 Å². The van der Waals surface area contributed by atoms with Crippen LogP contribution in [-0.2, 0) is 0 Å². The van der Waals surface area contributed by atoms with Crippen LogP contribution in [0, 0.1) is 12.8 Å². The van der Waals surface area contributed by atoms with Gasteiger partial charge in [0.15, 0.2) is 0 Å². The first-order chi connectivity index (χ1) is 11.5. The molecule has 0 saturated heterocycles. The molecule has 1 aliphatic heterocycles. The Kier molecular flexibility index (Phi) is 5.00. The normalized spacial score (nSPS) is 20.9. The highest BCUT2D eigenvalue weighted by atomic mass is 16.3. The monoisotopic (exact) mass is 322 g/mol. The number of nitrogens with one attached hydrogen (secondary N) is 1. The van der Waals surface area contributed by atoms with E-state index in [0.717, 1.165) is 24.1 Å². The standard InChI is InChI=1S/C21H26N2O/c1-14(2)12-21-22-18(16-10-8-15(3)9-11-16)13-19(23-21)17-6-4-5-7-20(17)24/h4-11,14,19,21,23-24H,12-13H2,1-3H3/t19-,21-/m1/s1. The number of hydrogen-bond donors (Lipinski definition) is 2. The van der Waals surface area contributed by atoms with Crippen LogP contribution in [0.4, 0.5) is 0 Å². The maximum atomic E-state index is 10.2. The van der Waals surface area contributed by atoms with Crippen molar-refractivity contribution in [2.24, 2.45) is 10.9 Å². The molecule has 3 rings (SSSR count). The molecule has 1 aliphatic rings. The van der Waals surface area contributed by atoms with Gasteiger partial charge < -0.3 is 5.11 Å². The van der Waals surface area contributed by atoms with Crippen LogP contribution in [0.5, 0.6) is 5.75 Å². The number of phenolic OH excluding ortho intramolecular Hbond substituents is 1. The van der Waals surface area contributed by atoms with Crippen LogP contribution in [0.3, 0.4) is 0 Å². The zero-order valence-electron chi connectivity index (χ0n) is 14.7. The lowest BCUT2D eigenvalue weighted by Crippen LogP contribution is -2.39. The highest BCUT2D eigenvalue weighted by Gasteiger charge is 2.26. The van der Waals surface area contributed by atoms with E-state index in [-0.39, 0.29) is 12.2 Å². The molecule has 126 valence electrons. The van der Waals surface area contributed by atoms with Crippen LogP contribution in [0.2, 0.25) is 0 Å². The quantitative estimate of drug-likeness (QED) is 0.864. The Morgan fingerprint density at radius 2 is 1.83 bits per heavy atom. The van der Waals surface area contributed by atoms with E-state index in [0.29, 0.717) is 11.7 Å². The SMILES string of the molecule is Cc1ccc(C2=N[C@@H](CC(C)C)N[C@@H](c3ccccc3O)C2)cc1. The van der Waals surface area contributed by atoms with Crippen molar-refractivity contribution in [1.29, 1.82) is 0 Å². The maximum absolute atomic E-state index is 10.2. The van der Waals surface area contributed by atoms with Crippen LogP contribution in [-0.4, -0.2) is 17.0 Å². The Balaban J connectivity index is 1.93. The smallest absolute Gasteiger partial charge is 0.120 e. The van der Waals surface area contributed by atoms with Crippen LogP contribution < -0.4 is 5.32 Å². The largest absolute Gasteiger partial charge is 0.508 e. The van der Waals surface area contributed by atoms with E-state index in [1.807, 2.05) is 18.2 Å². The topological polar surface area (TPSA) is 44.6 Å². The summed E-state index contributed by atoms with van der Waals surface area (Å²) in [6, 6.07) is 16.2. The number of hydrogen-bond acceptors (Lipinski definition) is 3. The van der Waals surface area contributed by atoms with E-state index in [1.54, 1.807) is 6.07 Å². The Bertz CT molecular complexity index is 719. The highest BCUT2D eigenvalue weighted by Crippen LogP contribution is 2.31. The summed E-state index contributed by atoms with van der Waals surface area (Å²) in [5.41, 5.74) is 4.50. The third-order valence-electron chi connectivity index (χ3n) is 4.49. The Hall–Kier alpha value is -2.13. The van der Waals surface area contributed by atoms with Crippen molar-refractivity contribution < 1.29 is 5.11 Å². The number of rotatable bonds is 4. The Labute approximate surface area is 144 Å². The molecule has 0 saturated carbocycles. The van der Waals surface area contributed by atoms with Gasteiger partial charge in [-0.1, -0.05) is 61.9 Å². The molecule has 3 heteroatoms. The zero-order valence-corrected chi connectivity index (χ0v) is 14.7. The number of aliphatic imine (C=N–C) groups is 1. The summed E-state index contributed by atoms with van der Waals surface area (Å²) < 4.78 is 0. The van der Waals surface area contributed by atoms with Crippen LogP contribution in [0.1, 0.15) is 49.4 Å². The summed E-state index contributed by atoms with van der Waals surface area (Å²) in [5.74, 6) is 0.914. The Morgan fingerprint density at radius 3 is 2.50 bits per heavy atom. The lowest BCUT2D eigenvalue weighted by atomic mass is 9.93. The number of para-hydroxylation sites is 1. The molecule has 0 radical (unpaired) electrons. The van der Waals surface area contributed by atoms with E-state index in [2.05, 4.69) is 50.4 Å². The minimum atomic E-state index is 0.0830. The number of phenols is 1. The van der Waals surface area contributed by atoms with Crippen molar-refractivity contribution in [2.45, 2.75) is 45.8 Å². The summed E-state index contributed by atoms with van der Waals surface area (Å²) in [5, 5.41) is 13.8. The predicted octanol–water partition coefficient (Wildman–Crippen LogP) is 4.60. The van der Waals surface area contributed by atoms with Gasteiger partial charge in [0.1, 0.15) is 11.9 Å². The molecule has 0 aromatic heterocycles. The van der Waals surface area contributed by atoms with Gasteiger partial charge in [-0.05, 0) is 30.9 Å². The lowest BCUT2D eigenvalue weighted by molar-refractivity contribution is 0.363. The minimum Gasteiger partial charge on any atom is -0.508 e. The van der Waals surface area contributed by atoms with Crippen LogP contribution >= 0.6 is 0 Å². The average molecular weight is 322 g/mol. The second kappa shape index (κ2) is 7.18. The molecule has 2 aromatic carbocycles. The molecule has 0 aliphatic carbocycles. The molecule has 0 amide bonds. The van der Waals surface area contributed by atoms with Crippen molar-refractivity contribution in [2.75, 3.05) is 0 Å². The Morgan fingerprint density at radius 1 is 1.12 bits per heavy atom. The van der Waals surface area contributed by atoms with Gasteiger partial charge in [0, 0.05) is 23.7 Å². The van der Waals surface area contributed by atoms with Crippen molar-refractivity contribution in [3.05, 3.63) is 65.2 Å². The second-order valence-electron chi connectivity index (χ2n) is 7.07. The predicted molar refractivity (Wildman–Crippen MR) is 99.6 cm³/mol. The third-order valence-corrected chi connectivity index (χ3v) is 4.49. The summed E-state index contributed by atoms with van der Waals surface area (Å²) in [7, 11) is 0. The van der Waals surface area contributed by atoms with Crippen LogP contribution in [0.15, 0.2) is 53.5 Å². The third kappa shape index (κ3) is 3.85. The minimum absolute atomic E-state index is 0.0830. The maximum Gasteiger partial charge on any atom is 0.120 e. The summed E-state index contributed by atoms with van der Waals surface area (Å²) in [6.45, 7) is 6.53. The molecule has 2 atom stereocenters. The average Bonchev–Trinajstić information content (AvgIpc) is 2.55. The van der Waals surface area contributed by atoms with Crippen molar-refractivity contribution in [1.82, 2.24) is 5.32 Å². The summed E-state index contributed by atoms with van der Waals surface area (Å²) in [6.07, 6.45) is 1.86. The fourth-order valence-electron chi connectivity index (χ4n) is 3.25. The number of aryl methyl sites for hydroxylation is 1. The van der Waals surface area contributed by atoms with Gasteiger partial charge in [-0.25, -0.2) is 0 Å². The summed E-state index contributed by atoms with van der Waals surface area (Å²) >= 11 is 0. The van der Waals surface area contributed by atoms with Gasteiger partial charge in [-0.2, -0.15) is 0 Å². The number of nitrogens with zero attached hydrogens (tertiary/aromatic N) is 1. The fourth-order valence-corrected chi connectivity index (χ4v) is 3.25.